The highest BCUT2D eigenvalue weighted by molar-refractivity contribution is 5.85. The van der Waals surface area contributed by atoms with Crippen LogP contribution in [0.1, 0.15) is 35.8 Å². The molecule has 6 nitrogen and oxygen atoms in total. The number of carboxylic acids is 1. The second kappa shape index (κ2) is 8.19. The van der Waals surface area contributed by atoms with Crippen LogP contribution in [-0.2, 0) is 10.2 Å². The van der Waals surface area contributed by atoms with E-state index in [1.54, 1.807) is 12.1 Å². The number of ether oxygens (including phenoxy) is 2. The van der Waals surface area contributed by atoms with E-state index in [-0.39, 0.29) is 11.1 Å². The molecule has 26 heavy (non-hydrogen) atoms. The zero-order valence-corrected chi connectivity index (χ0v) is 14.9. The van der Waals surface area contributed by atoms with Crippen LogP contribution in [0.4, 0.5) is 5.82 Å². The van der Waals surface area contributed by atoms with Crippen LogP contribution in [0, 0.1) is 0 Å². The number of hydrogen-bond donors (Lipinski definition) is 2. The van der Waals surface area contributed by atoms with Gasteiger partial charge in [-0.15, -0.1) is 0 Å². The summed E-state index contributed by atoms with van der Waals surface area (Å²) < 4.78 is 11.1. The van der Waals surface area contributed by atoms with Crippen molar-refractivity contribution < 1.29 is 19.4 Å². The summed E-state index contributed by atoms with van der Waals surface area (Å²) in [6.07, 6.45) is 1.79. The minimum atomic E-state index is -1.03. The first-order valence-corrected chi connectivity index (χ1v) is 8.88. The van der Waals surface area contributed by atoms with Crippen molar-refractivity contribution >= 4 is 11.8 Å². The molecule has 0 atom stereocenters. The third-order valence-corrected chi connectivity index (χ3v) is 4.80. The molecule has 0 saturated carbocycles. The van der Waals surface area contributed by atoms with Gasteiger partial charge in [-0.2, -0.15) is 0 Å². The molecule has 0 aliphatic carbocycles. The summed E-state index contributed by atoms with van der Waals surface area (Å²) in [7, 11) is 0. The molecule has 1 fully saturated rings. The molecule has 0 unspecified atom stereocenters. The standard InChI is InChI=1S/C20H24N2O4/c1-2-26-16-8-6-15(7-9-16)20(10-12-25-13-11-20)14-21-18-5-3-4-17(22-18)19(23)24/h3-9H,2,10-14H2,1H3,(H,21,22)(H,23,24). The number of carbonyl (C=O) groups is 1. The number of aromatic nitrogens is 1. The second-order valence-corrected chi connectivity index (χ2v) is 6.42. The SMILES string of the molecule is CCOc1ccc(C2(CNc3cccc(C(=O)O)n3)CCOCC2)cc1. The van der Waals surface area contributed by atoms with Gasteiger partial charge in [0.2, 0.25) is 0 Å². The fraction of sp³-hybridized carbons (Fsp3) is 0.400. The van der Waals surface area contributed by atoms with E-state index in [1.807, 2.05) is 19.1 Å². The fourth-order valence-corrected chi connectivity index (χ4v) is 3.31. The number of rotatable bonds is 7. The first kappa shape index (κ1) is 18.2. The summed E-state index contributed by atoms with van der Waals surface area (Å²) in [5.74, 6) is 0.407. The maximum Gasteiger partial charge on any atom is 0.354 e. The molecule has 2 heterocycles. The Morgan fingerprint density at radius 1 is 1.23 bits per heavy atom. The Hall–Kier alpha value is -2.60. The van der Waals surface area contributed by atoms with Crippen LogP contribution >= 0.6 is 0 Å². The fourth-order valence-electron chi connectivity index (χ4n) is 3.31. The molecule has 1 aliphatic heterocycles. The normalized spacial score (nSPS) is 16.0. The maximum absolute atomic E-state index is 11.1. The second-order valence-electron chi connectivity index (χ2n) is 6.42. The summed E-state index contributed by atoms with van der Waals surface area (Å²) in [5.41, 5.74) is 1.19. The van der Waals surface area contributed by atoms with Crippen LogP contribution in [0.3, 0.4) is 0 Å². The van der Waals surface area contributed by atoms with Crippen molar-refractivity contribution in [3.05, 3.63) is 53.7 Å². The minimum absolute atomic E-state index is 0.0390. The predicted molar refractivity (Wildman–Crippen MR) is 99.0 cm³/mol. The van der Waals surface area contributed by atoms with Crippen LogP contribution in [0.5, 0.6) is 5.75 Å². The first-order valence-electron chi connectivity index (χ1n) is 8.88. The van der Waals surface area contributed by atoms with Gasteiger partial charge in [-0.25, -0.2) is 9.78 Å². The molecule has 1 aromatic carbocycles. The Labute approximate surface area is 153 Å². The molecule has 6 heteroatoms. The molecular formula is C20H24N2O4. The highest BCUT2D eigenvalue weighted by Crippen LogP contribution is 2.36. The van der Waals surface area contributed by atoms with Crippen molar-refractivity contribution in [3.8, 4) is 5.75 Å². The lowest BCUT2D eigenvalue weighted by Crippen LogP contribution is -2.40. The van der Waals surface area contributed by atoms with Crippen molar-refractivity contribution in [3.63, 3.8) is 0 Å². The highest BCUT2D eigenvalue weighted by Gasteiger charge is 2.34. The summed E-state index contributed by atoms with van der Waals surface area (Å²) in [6.45, 7) is 4.69. The minimum Gasteiger partial charge on any atom is -0.494 e. The molecule has 0 amide bonds. The Morgan fingerprint density at radius 2 is 1.96 bits per heavy atom. The smallest absolute Gasteiger partial charge is 0.354 e. The zero-order valence-electron chi connectivity index (χ0n) is 14.9. The van der Waals surface area contributed by atoms with Gasteiger partial charge in [0, 0.05) is 25.2 Å². The Kier molecular flexibility index (Phi) is 5.73. The van der Waals surface area contributed by atoms with Gasteiger partial charge in [-0.3, -0.25) is 0 Å². The van der Waals surface area contributed by atoms with Gasteiger partial charge in [0.1, 0.15) is 11.6 Å². The monoisotopic (exact) mass is 356 g/mol. The van der Waals surface area contributed by atoms with Crippen molar-refractivity contribution in [2.24, 2.45) is 0 Å². The number of nitrogens with one attached hydrogen (secondary N) is 1. The summed E-state index contributed by atoms with van der Waals surface area (Å²) >= 11 is 0. The number of pyridine rings is 1. The number of aromatic carboxylic acids is 1. The maximum atomic E-state index is 11.1. The molecule has 0 bridgehead atoms. The summed E-state index contributed by atoms with van der Waals surface area (Å²) in [4.78, 5) is 15.3. The molecule has 2 N–H and O–H groups in total. The van der Waals surface area contributed by atoms with E-state index in [0.717, 1.165) is 18.6 Å². The van der Waals surface area contributed by atoms with E-state index in [9.17, 15) is 4.79 Å². The van der Waals surface area contributed by atoms with Gasteiger partial charge in [0.25, 0.3) is 0 Å². The Bertz CT molecular complexity index is 740. The van der Waals surface area contributed by atoms with E-state index in [4.69, 9.17) is 14.6 Å². The van der Waals surface area contributed by atoms with Gasteiger partial charge >= 0.3 is 5.97 Å². The lowest BCUT2D eigenvalue weighted by atomic mass is 9.74. The van der Waals surface area contributed by atoms with Gasteiger partial charge < -0.3 is 19.9 Å². The van der Waals surface area contributed by atoms with Crippen LogP contribution < -0.4 is 10.1 Å². The van der Waals surface area contributed by atoms with E-state index in [2.05, 4.69) is 22.4 Å². The summed E-state index contributed by atoms with van der Waals surface area (Å²) in [5, 5.41) is 12.4. The average Bonchev–Trinajstić information content (AvgIpc) is 2.68. The quantitative estimate of drug-likeness (QED) is 0.792. The largest absolute Gasteiger partial charge is 0.494 e. The number of benzene rings is 1. The number of anilines is 1. The highest BCUT2D eigenvalue weighted by atomic mass is 16.5. The number of hydrogen-bond acceptors (Lipinski definition) is 5. The van der Waals surface area contributed by atoms with Crippen molar-refractivity contribution in [2.75, 3.05) is 31.7 Å². The topological polar surface area (TPSA) is 80.7 Å². The van der Waals surface area contributed by atoms with Gasteiger partial charge in [-0.05, 0) is 49.6 Å². The van der Waals surface area contributed by atoms with Crippen LogP contribution in [0.2, 0.25) is 0 Å². The van der Waals surface area contributed by atoms with Gasteiger partial charge in [-0.1, -0.05) is 18.2 Å². The van der Waals surface area contributed by atoms with E-state index in [0.29, 0.717) is 32.2 Å². The molecule has 2 aromatic rings. The van der Waals surface area contributed by atoms with E-state index >= 15 is 0 Å². The zero-order chi connectivity index (χ0) is 18.4. The van der Waals surface area contributed by atoms with Crippen LogP contribution in [-0.4, -0.2) is 42.4 Å². The third kappa shape index (κ3) is 4.14. The van der Waals surface area contributed by atoms with Gasteiger partial charge in [0.15, 0.2) is 5.69 Å². The first-order chi connectivity index (χ1) is 12.6. The average molecular weight is 356 g/mol. The van der Waals surface area contributed by atoms with Gasteiger partial charge in [0.05, 0.1) is 6.61 Å². The predicted octanol–water partition coefficient (Wildman–Crippen LogP) is 3.34. The van der Waals surface area contributed by atoms with Crippen molar-refractivity contribution in [1.82, 2.24) is 4.98 Å². The van der Waals surface area contributed by atoms with Crippen LogP contribution in [0.25, 0.3) is 0 Å². The molecule has 1 saturated heterocycles. The lowest BCUT2D eigenvalue weighted by molar-refractivity contribution is 0.0543. The molecule has 0 spiro atoms. The van der Waals surface area contributed by atoms with Crippen LogP contribution in [0.15, 0.2) is 42.5 Å². The summed E-state index contributed by atoms with van der Waals surface area (Å²) in [6, 6.07) is 13.2. The molecule has 138 valence electrons. The Balaban J connectivity index is 1.79. The third-order valence-electron chi connectivity index (χ3n) is 4.80. The molecule has 3 rings (SSSR count). The van der Waals surface area contributed by atoms with Crippen molar-refractivity contribution in [1.29, 1.82) is 0 Å². The van der Waals surface area contributed by atoms with Crippen molar-refractivity contribution in [2.45, 2.75) is 25.2 Å². The number of nitrogens with zero attached hydrogens (tertiary/aromatic N) is 1. The molecule has 0 radical (unpaired) electrons. The van der Waals surface area contributed by atoms with E-state index in [1.165, 1.54) is 11.6 Å². The Morgan fingerprint density at radius 3 is 2.62 bits per heavy atom. The molecule has 1 aliphatic rings. The number of carboxylic acid groups (broad SMARTS) is 1. The molecular weight excluding hydrogens is 332 g/mol. The lowest BCUT2D eigenvalue weighted by Gasteiger charge is -2.38. The van der Waals surface area contributed by atoms with E-state index < -0.39 is 5.97 Å². The molecule has 1 aromatic heterocycles.